The first-order valence-electron chi connectivity index (χ1n) is 7.37. The molecule has 0 bridgehead atoms. The lowest BCUT2D eigenvalue weighted by molar-refractivity contribution is -0.128. The topological polar surface area (TPSA) is 47.6 Å². The number of carbonyl (C=O) groups is 1. The van der Waals surface area contributed by atoms with E-state index in [-0.39, 0.29) is 17.9 Å². The number of fused-ring (bicyclic) bond motifs is 1. The van der Waals surface area contributed by atoms with Crippen molar-refractivity contribution < 1.29 is 14.3 Å². The molecule has 2 aliphatic heterocycles. The van der Waals surface area contributed by atoms with Crippen molar-refractivity contribution in [2.75, 3.05) is 19.8 Å². The van der Waals surface area contributed by atoms with E-state index in [1.54, 1.807) is 0 Å². The predicted molar refractivity (Wildman–Crippen MR) is 75.3 cm³/mol. The van der Waals surface area contributed by atoms with Crippen molar-refractivity contribution in [3.05, 3.63) is 35.4 Å². The molecule has 2 heterocycles. The molecule has 4 nitrogen and oxygen atoms in total. The third-order valence-electron chi connectivity index (χ3n) is 4.14. The van der Waals surface area contributed by atoms with Crippen molar-refractivity contribution in [2.24, 2.45) is 5.92 Å². The Bertz CT molecular complexity index is 469. The van der Waals surface area contributed by atoms with Gasteiger partial charge in [0.25, 0.3) is 0 Å². The molecular formula is C16H21NO3. The Hall–Kier alpha value is -1.39. The van der Waals surface area contributed by atoms with Crippen LogP contribution in [0.2, 0.25) is 0 Å². The van der Waals surface area contributed by atoms with Crippen molar-refractivity contribution in [1.82, 2.24) is 5.32 Å². The van der Waals surface area contributed by atoms with Gasteiger partial charge in [0.2, 0.25) is 5.91 Å². The standard InChI is InChI=1S/C16H21NO3/c18-16(12-5-7-19-8-6-12)17-10-15-9-13-3-1-2-4-14(13)11-20-15/h1-4,12,15H,5-11H2,(H,17,18). The fraction of sp³-hybridized carbons (Fsp3) is 0.562. The van der Waals surface area contributed by atoms with Crippen LogP contribution in [0.25, 0.3) is 0 Å². The summed E-state index contributed by atoms with van der Waals surface area (Å²) in [5.74, 6) is 0.260. The van der Waals surface area contributed by atoms with Gasteiger partial charge < -0.3 is 14.8 Å². The summed E-state index contributed by atoms with van der Waals surface area (Å²) in [6.45, 7) is 2.65. The lowest BCUT2D eigenvalue weighted by Crippen LogP contribution is -2.40. The smallest absolute Gasteiger partial charge is 0.223 e. The Morgan fingerprint density at radius 3 is 2.75 bits per heavy atom. The van der Waals surface area contributed by atoms with Gasteiger partial charge in [-0.05, 0) is 24.0 Å². The van der Waals surface area contributed by atoms with Gasteiger partial charge in [-0.1, -0.05) is 24.3 Å². The van der Waals surface area contributed by atoms with E-state index in [1.807, 2.05) is 6.07 Å². The van der Waals surface area contributed by atoms with Crippen molar-refractivity contribution in [3.63, 3.8) is 0 Å². The minimum absolute atomic E-state index is 0.0914. The highest BCUT2D eigenvalue weighted by Crippen LogP contribution is 2.20. The average molecular weight is 275 g/mol. The fourth-order valence-corrected chi connectivity index (χ4v) is 2.86. The van der Waals surface area contributed by atoms with Gasteiger partial charge in [-0.25, -0.2) is 0 Å². The van der Waals surface area contributed by atoms with Gasteiger partial charge in [0.15, 0.2) is 0 Å². The number of ether oxygens (including phenoxy) is 2. The fourth-order valence-electron chi connectivity index (χ4n) is 2.86. The predicted octanol–water partition coefficient (Wildman–Crippen LogP) is 1.67. The van der Waals surface area contributed by atoms with Crippen molar-refractivity contribution in [2.45, 2.75) is 32.0 Å². The zero-order valence-electron chi connectivity index (χ0n) is 11.6. The number of benzene rings is 1. The van der Waals surface area contributed by atoms with Gasteiger partial charge in [-0.15, -0.1) is 0 Å². The molecule has 1 atom stereocenters. The van der Waals surface area contributed by atoms with Crippen molar-refractivity contribution >= 4 is 5.91 Å². The number of amides is 1. The Morgan fingerprint density at radius 1 is 1.20 bits per heavy atom. The molecule has 0 saturated carbocycles. The third-order valence-corrected chi connectivity index (χ3v) is 4.14. The summed E-state index contributed by atoms with van der Waals surface area (Å²) in [5.41, 5.74) is 2.60. The molecule has 1 N–H and O–H groups in total. The Labute approximate surface area is 119 Å². The van der Waals surface area contributed by atoms with Crippen molar-refractivity contribution in [1.29, 1.82) is 0 Å². The molecule has 0 spiro atoms. The Balaban J connectivity index is 1.49. The molecule has 1 saturated heterocycles. The van der Waals surface area contributed by atoms with Crippen LogP contribution in [0.3, 0.4) is 0 Å². The van der Waals surface area contributed by atoms with Crippen LogP contribution in [0.4, 0.5) is 0 Å². The van der Waals surface area contributed by atoms with Crippen molar-refractivity contribution in [3.8, 4) is 0 Å². The minimum atomic E-state index is 0.0914. The molecule has 1 aromatic rings. The van der Waals surface area contributed by atoms with Crippen LogP contribution in [0, 0.1) is 5.92 Å². The molecule has 1 unspecified atom stereocenters. The molecule has 4 heteroatoms. The van der Waals surface area contributed by atoms with E-state index in [0.29, 0.717) is 26.4 Å². The van der Waals surface area contributed by atoms with Crippen LogP contribution in [-0.4, -0.2) is 31.8 Å². The maximum absolute atomic E-state index is 12.1. The van der Waals surface area contributed by atoms with Crippen LogP contribution in [-0.2, 0) is 27.3 Å². The molecule has 0 aromatic heterocycles. The second-order valence-corrected chi connectivity index (χ2v) is 5.54. The lowest BCUT2D eigenvalue weighted by atomic mass is 9.98. The lowest BCUT2D eigenvalue weighted by Gasteiger charge is -2.27. The van der Waals surface area contributed by atoms with Crippen LogP contribution >= 0.6 is 0 Å². The molecule has 1 amide bonds. The van der Waals surface area contributed by atoms with E-state index in [9.17, 15) is 4.79 Å². The first-order chi connectivity index (χ1) is 9.83. The van der Waals surface area contributed by atoms with Crippen LogP contribution in [0.5, 0.6) is 0 Å². The van der Waals surface area contributed by atoms with Gasteiger partial charge in [0.1, 0.15) is 0 Å². The van der Waals surface area contributed by atoms with Crippen LogP contribution in [0.15, 0.2) is 24.3 Å². The molecule has 0 aliphatic carbocycles. The first-order valence-corrected chi connectivity index (χ1v) is 7.37. The van der Waals surface area contributed by atoms with Gasteiger partial charge in [-0.3, -0.25) is 4.79 Å². The number of hydrogen-bond donors (Lipinski definition) is 1. The number of carbonyl (C=O) groups excluding carboxylic acids is 1. The highest BCUT2D eigenvalue weighted by Gasteiger charge is 2.24. The second-order valence-electron chi connectivity index (χ2n) is 5.54. The number of nitrogens with one attached hydrogen (secondary N) is 1. The van der Waals surface area contributed by atoms with Gasteiger partial charge >= 0.3 is 0 Å². The van der Waals surface area contributed by atoms with Gasteiger partial charge in [0.05, 0.1) is 12.7 Å². The number of hydrogen-bond acceptors (Lipinski definition) is 3. The first kappa shape index (κ1) is 13.6. The molecule has 20 heavy (non-hydrogen) atoms. The van der Waals surface area contributed by atoms with E-state index >= 15 is 0 Å². The molecule has 0 radical (unpaired) electrons. The summed E-state index contributed by atoms with van der Waals surface area (Å²) in [4.78, 5) is 12.1. The monoisotopic (exact) mass is 275 g/mol. The maximum Gasteiger partial charge on any atom is 0.223 e. The maximum atomic E-state index is 12.1. The minimum Gasteiger partial charge on any atom is -0.381 e. The highest BCUT2D eigenvalue weighted by atomic mass is 16.5. The summed E-state index contributed by atoms with van der Waals surface area (Å²) in [7, 11) is 0. The quantitative estimate of drug-likeness (QED) is 0.913. The van der Waals surface area contributed by atoms with Gasteiger partial charge in [-0.2, -0.15) is 0 Å². The molecule has 1 aromatic carbocycles. The largest absolute Gasteiger partial charge is 0.381 e. The average Bonchev–Trinajstić information content (AvgIpc) is 2.53. The summed E-state index contributed by atoms with van der Waals surface area (Å²) in [5, 5.41) is 3.03. The van der Waals surface area contributed by atoms with E-state index < -0.39 is 0 Å². The number of rotatable bonds is 3. The molecule has 3 rings (SSSR count). The Kier molecular flexibility index (Phi) is 4.33. The normalized spacial score (nSPS) is 23.1. The van der Waals surface area contributed by atoms with Crippen LogP contribution in [0.1, 0.15) is 24.0 Å². The van der Waals surface area contributed by atoms with E-state index in [0.717, 1.165) is 19.3 Å². The second kappa shape index (κ2) is 6.37. The van der Waals surface area contributed by atoms with Crippen LogP contribution < -0.4 is 5.32 Å². The molecular weight excluding hydrogens is 254 g/mol. The summed E-state index contributed by atoms with van der Waals surface area (Å²) in [6, 6.07) is 8.34. The molecule has 1 fully saturated rings. The SMILES string of the molecule is O=C(NCC1Cc2ccccc2CO1)C1CCOCC1. The highest BCUT2D eigenvalue weighted by molar-refractivity contribution is 5.78. The summed E-state index contributed by atoms with van der Waals surface area (Å²) in [6.07, 6.45) is 2.64. The van der Waals surface area contributed by atoms with E-state index in [2.05, 4.69) is 23.5 Å². The molecule has 2 aliphatic rings. The van der Waals surface area contributed by atoms with E-state index in [1.165, 1.54) is 11.1 Å². The van der Waals surface area contributed by atoms with E-state index in [4.69, 9.17) is 9.47 Å². The summed E-state index contributed by atoms with van der Waals surface area (Å²) >= 11 is 0. The zero-order chi connectivity index (χ0) is 13.8. The summed E-state index contributed by atoms with van der Waals surface area (Å²) < 4.78 is 11.1. The third kappa shape index (κ3) is 3.19. The molecule has 108 valence electrons. The van der Waals surface area contributed by atoms with Gasteiger partial charge in [0, 0.05) is 32.1 Å². The Morgan fingerprint density at radius 2 is 1.95 bits per heavy atom. The zero-order valence-corrected chi connectivity index (χ0v) is 11.6.